The third kappa shape index (κ3) is 2.73. The van der Waals surface area contributed by atoms with Gasteiger partial charge in [0, 0.05) is 19.2 Å². The van der Waals surface area contributed by atoms with Gasteiger partial charge in [0.25, 0.3) is 0 Å². The van der Waals surface area contributed by atoms with E-state index in [0.717, 1.165) is 19.6 Å². The van der Waals surface area contributed by atoms with Crippen molar-refractivity contribution >= 4 is 5.82 Å². The van der Waals surface area contributed by atoms with Gasteiger partial charge in [-0.15, -0.1) is 0 Å². The van der Waals surface area contributed by atoms with Crippen LogP contribution in [0.2, 0.25) is 0 Å². The summed E-state index contributed by atoms with van der Waals surface area (Å²) < 4.78 is 1.96. The fraction of sp³-hybridized carbons (Fsp3) is 0.700. The molecule has 0 aromatic carbocycles. The fourth-order valence-electron chi connectivity index (χ4n) is 1.62. The molecule has 80 valence electrons. The number of rotatable bonds is 5. The highest BCUT2D eigenvalue weighted by Gasteiger charge is 2.06. The van der Waals surface area contributed by atoms with Gasteiger partial charge in [0.2, 0.25) is 0 Å². The van der Waals surface area contributed by atoms with E-state index in [0.29, 0.717) is 5.82 Å². The standard InChI is InChI=1S/C10H20N4/c1-4-6-13(3)8-9-7-10(11)12-14(9)5-2/h7H,4-6,8H2,1-3H3,(H2,11,12). The predicted molar refractivity (Wildman–Crippen MR) is 58.9 cm³/mol. The van der Waals surface area contributed by atoms with Gasteiger partial charge >= 0.3 is 0 Å². The van der Waals surface area contributed by atoms with Crippen LogP contribution < -0.4 is 5.73 Å². The fourth-order valence-corrected chi connectivity index (χ4v) is 1.62. The molecule has 0 unspecified atom stereocenters. The van der Waals surface area contributed by atoms with Gasteiger partial charge < -0.3 is 10.6 Å². The maximum Gasteiger partial charge on any atom is 0.145 e. The third-order valence-electron chi connectivity index (χ3n) is 2.22. The molecule has 0 atom stereocenters. The number of nitrogens with two attached hydrogens (primary N) is 1. The first kappa shape index (κ1) is 11.0. The zero-order valence-corrected chi connectivity index (χ0v) is 9.32. The minimum absolute atomic E-state index is 0.617. The van der Waals surface area contributed by atoms with E-state index in [-0.39, 0.29) is 0 Å². The average molecular weight is 196 g/mol. The second kappa shape index (κ2) is 5.00. The molecule has 0 spiro atoms. The Kier molecular flexibility index (Phi) is 3.95. The van der Waals surface area contributed by atoms with Gasteiger partial charge in [-0.3, -0.25) is 4.68 Å². The van der Waals surface area contributed by atoms with Crippen LogP contribution in [0.25, 0.3) is 0 Å². The summed E-state index contributed by atoms with van der Waals surface area (Å²) in [6, 6.07) is 1.95. The maximum absolute atomic E-state index is 5.65. The summed E-state index contributed by atoms with van der Waals surface area (Å²) in [6.45, 7) is 7.17. The molecule has 0 radical (unpaired) electrons. The Labute approximate surface area is 85.7 Å². The molecule has 4 nitrogen and oxygen atoms in total. The molecule has 4 heteroatoms. The summed E-state index contributed by atoms with van der Waals surface area (Å²) in [7, 11) is 2.12. The average Bonchev–Trinajstić information content (AvgIpc) is 2.46. The largest absolute Gasteiger partial charge is 0.382 e. The van der Waals surface area contributed by atoms with Crippen LogP contribution in [0.15, 0.2) is 6.07 Å². The van der Waals surface area contributed by atoms with Crippen LogP contribution in [-0.2, 0) is 13.1 Å². The van der Waals surface area contributed by atoms with Crippen LogP contribution in [0.3, 0.4) is 0 Å². The van der Waals surface area contributed by atoms with Crippen molar-refractivity contribution in [1.82, 2.24) is 14.7 Å². The molecule has 0 bridgehead atoms. The van der Waals surface area contributed by atoms with Gasteiger partial charge in [-0.05, 0) is 26.9 Å². The van der Waals surface area contributed by atoms with Crippen molar-refractivity contribution < 1.29 is 0 Å². The third-order valence-corrected chi connectivity index (χ3v) is 2.22. The van der Waals surface area contributed by atoms with Gasteiger partial charge in [-0.2, -0.15) is 5.10 Å². The van der Waals surface area contributed by atoms with Crippen LogP contribution >= 0.6 is 0 Å². The quantitative estimate of drug-likeness (QED) is 0.772. The van der Waals surface area contributed by atoms with Gasteiger partial charge in [0.1, 0.15) is 5.82 Å². The van der Waals surface area contributed by atoms with Gasteiger partial charge in [0.15, 0.2) is 0 Å². The predicted octanol–water partition coefficient (Wildman–Crippen LogP) is 1.33. The van der Waals surface area contributed by atoms with E-state index in [4.69, 9.17) is 5.73 Å². The SMILES string of the molecule is CCCN(C)Cc1cc(N)nn1CC. The smallest absolute Gasteiger partial charge is 0.145 e. The molecule has 1 aromatic rings. The number of nitrogen functional groups attached to an aromatic ring is 1. The Morgan fingerprint density at radius 3 is 2.79 bits per heavy atom. The molecule has 1 aromatic heterocycles. The highest BCUT2D eigenvalue weighted by molar-refractivity contribution is 5.29. The van der Waals surface area contributed by atoms with Crippen molar-refractivity contribution in [1.29, 1.82) is 0 Å². The number of nitrogens with zero attached hydrogens (tertiary/aromatic N) is 3. The van der Waals surface area contributed by atoms with E-state index in [1.807, 2.05) is 10.7 Å². The first-order valence-corrected chi connectivity index (χ1v) is 5.18. The van der Waals surface area contributed by atoms with E-state index in [1.54, 1.807) is 0 Å². The van der Waals surface area contributed by atoms with E-state index < -0.39 is 0 Å². The first-order chi connectivity index (χ1) is 6.67. The molecule has 0 fully saturated rings. The molecule has 0 aliphatic rings. The zero-order chi connectivity index (χ0) is 10.6. The maximum atomic E-state index is 5.65. The van der Waals surface area contributed by atoms with Crippen molar-refractivity contribution in [2.24, 2.45) is 0 Å². The lowest BCUT2D eigenvalue weighted by Crippen LogP contribution is -2.20. The van der Waals surface area contributed by atoms with E-state index in [1.165, 1.54) is 12.1 Å². The van der Waals surface area contributed by atoms with E-state index >= 15 is 0 Å². The van der Waals surface area contributed by atoms with Crippen molar-refractivity contribution in [2.75, 3.05) is 19.3 Å². The first-order valence-electron chi connectivity index (χ1n) is 5.18. The van der Waals surface area contributed by atoms with Crippen molar-refractivity contribution in [3.05, 3.63) is 11.8 Å². The van der Waals surface area contributed by atoms with E-state index in [9.17, 15) is 0 Å². The highest BCUT2D eigenvalue weighted by atomic mass is 15.3. The van der Waals surface area contributed by atoms with Crippen LogP contribution in [0, 0.1) is 0 Å². The Morgan fingerprint density at radius 2 is 2.21 bits per heavy atom. The van der Waals surface area contributed by atoms with Gasteiger partial charge in [0.05, 0.1) is 5.69 Å². The molecule has 0 aliphatic heterocycles. The number of anilines is 1. The van der Waals surface area contributed by atoms with E-state index in [2.05, 4.69) is 30.9 Å². The minimum Gasteiger partial charge on any atom is -0.382 e. The summed E-state index contributed by atoms with van der Waals surface area (Å²) in [6.07, 6.45) is 1.17. The molecule has 0 saturated carbocycles. The summed E-state index contributed by atoms with van der Waals surface area (Å²) in [5.41, 5.74) is 6.85. The number of hydrogen-bond donors (Lipinski definition) is 1. The Balaban J connectivity index is 2.65. The summed E-state index contributed by atoms with van der Waals surface area (Å²) >= 11 is 0. The highest BCUT2D eigenvalue weighted by Crippen LogP contribution is 2.08. The lowest BCUT2D eigenvalue weighted by molar-refractivity contribution is 0.316. The molecular weight excluding hydrogens is 176 g/mol. The van der Waals surface area contributed by atoms with Crippen molar-refractivity contribution in [3.63, 3.8) is 0 Å². The summed E-state index contributed by atoms with van der Waals surface area (Å²) in [5, 5.41) is 4.21. The van der Waals surface area contributed by atoms with Crippen LogP contribution in [0.1, 0.15) is 26.0 Å². The van der Waals surface area contributed by atoms with Gasteiger partial charge in [-0.1, -0.05) is 6.92 Å². The second-order valence-corrected chi connectivity index (χ2v) is 3.61. The van der Waals surface area contributed by atoms with Crippen LogP contribution in [-0.4, -0.2) is 28.3 Å². The minimum atomic E-state index is 0.617. The molecule has 0 saturated heterocycles. The normalized spacial score (nSPS) is 11.1. The summed E-state index contributed by atoms with van der Waals surface area (Å²) in [4.78, 5) is 2.28. The number of aryl methyl sites for hydroxylation is 1. The topological polar surface area (TPSA) is 47.1 Å². The number of aromatic nitrogens is 2. The molecule has 2 N–H and O–H groups in total. The van der Waals surface area contributed by atoms with Crippen molar-refractivity contribution in [3.8, 4) is 0 Å². The molecule has 0 amide bonds. The second-order valence-electron chi connectivity index (χ2n) is 3.61. The monoisotopic (exact) mass is 196 g/mol. The lowest BCUT2D eigenvalue weighted by Gasteiger charge is -2.15. The lowest BCUT2D eigenvalue weighted by atomic mass is 10.3. The number of hydrogen-bond acceptors (Lipinski definition) is 3. The van der Waals surface area contributed by atoms with Crippen LogP contribution in [0.5, 0.6) is 0 Å². The molecule has 1 heterocycles. The molecule has 14 heavy (non-hydrogen) atoms. The molecule has 0 aliphatic carbocycles. The van der Waals surface area contributed by atoms with Crippen molar-refractivity contribution in [2.45, 2.75) is 33.4 Å². The van der Waals surface area contributed by atoms with Crippen LogP contribution in [0.4, 0.5) is 5.82 Å². The van der Waals surface area contributed by atoms with Gasteiger partial charge in [-0.25, -0.2) is 0 Å². The molecular formula is C10H20N4. The Bertz CT molecular complexity index is 280. The Hall–Kier alpha value is -1.03. The summed E-state index contributed by atoms with van der Waals surface area (Å²) in [5.74, 6) is 0.617. The molecule has 1 rings (SSSR count). The Morgan fingerprint density at radius 1 is 1.50 bits per heavy atom. The zero-order valence-electron chi connectivity index (χ0n) is 9.32.